The average Bonchev–Trinajstić information content (AvgIpc) is 2.69. The van der Waals surface area contributed by atoms with E-state index >= 15 is 0 Å². The first kappa shape index (κ1) is 20.8. The number of carbonyl (C=O) groups is 1. The van der Waals surface area contributed by atoms with Crippen molar-refractivity contribution in [2.45, 2.75) is 0 Å². The van der Waals surface area contributed by atoms with E-state index in [9.17, 15) is 14.9 Å². The summed E-state index contributed by atoms with van der Waals surface area (Å²) in [6.45, 7) is 0. The first-order valence-electron chi connectivity index (χ1n) is 7.89. The third kappa shape index (κ3) is 4.91. The van der Waals surface area contributed by atoms with E-state index in [1.54, 1.807) is 30.3 Å². The van der Waals surface area contributed by atoms with Crippen LogP contribution in [0.1, 0.15) is 10.4 Å². The van der Waals surface area contributed by atoms with Crippen LogP contribution in [0.3, 0.4) is 0 Å². The molecule has 148 valence electrons. The number of halogens is 3. The summed E-state index contributed by atoms with van der Waals surface area (Å²) in [4.78, 5) is 31.0. The van der Waals surface area contributed by atoms with Gasteiger partial charge in [0.2, 0.25) is 11.6 Å². The van der Waals surface area contributed by atoms with Crippen LogP contribution in [0.15, 0.2) is 53.3 Å². The van der Waals surface area contributed by atoms with Crippen LogP contribution in [0.4, 0.5) is 23.0 Å². The molecule has 3 rings (SSSR count). The van der Waals surface area contributed by atoms with E-state index in [-0.39, 0.29) is 16.7 Å². The minimum atomic E-state index is -0.674. The fourth-order valence-corrected chi connectivity index (χ4v) is 3.04. The van der Waals surface area contributed by atoms with E-state index in [0.717, 1.165) is 6.33 Å². The summed E-state index contributed by atoms with van der Waals surface area (Å²) in [5, 5.41) is 15.0. The number of hydrogen-bond acceptors (Lipinski definition) is 7. The van der Waals surface area contributed by atoms with Gasteiger partial charge in [0.05, 0.1) is 20.5 Å². The van der Waals surface area contributed by atoms with E-state index in [4.69, 9.17) is 23.2 Å². The zero-order valence-corrected chi connectivity index (χ0v) is 17.4. The quantitative estimate of drug-likeness (QED) is 0.325. The van der Waals surface area contributed by atoms with Crippen molar-refractivity contribution < 1.29 is 9.72 Å². The molecule has 0 saturated heterocycles. The number of nitrogens with zero attached hydrogens (tertiary/aromatic N) is 3. The molecule has 0 atom stereocenters. The zero-order chi connectivity index (χ0) is 21.0. The molecular weight excluding hydrogens is 487 g/mol. The lowest BCUT2D eigenvalue weighted by Crippen LogP contribution is -2.30. The average molecular weight is 498 g/mol. The molecule has 2 aromatic carbocycles. The second-order valence-electron chi connectivity index (χ2n) is 5.49. The molecule has 1 aromatic heterocycles. The lowest BCUT2D eigenvalue weighted by atomic mass is 10.2. The highest BCUT2D eigenvalue weighted by Gasteiger charge is 2.24. The van der Waals surface area contributed by atoms with E-state index in [0.29, 0.717) is 20.7 Å². The number of carbonyl (C=O) groups excluding carboxylic acids is 1. The minimum absolute atomic E-state index is 0.0963. The number of rotatable bonds is 6. The van der Waals surface area contributed by atoms with Crippen LogP contribution in [0.2, 0.25) is 10.0 Å². The van der Waals surface area contributed by atoms with Crippen LogP contribution in [-0.2, 0) is 0 Å². The van der Waals surface area contributed by atoms with Gasteiger partial charge in [-0.05, 0) is 46.3 Å². The summed E-state index contributed by atoms with van der Waals surface area (Å²) in [5.74, 6) is -0.807. The molecular formula is C17H11BrCl2N6O3. The Morgan fingerprint density at radius 3 is 2.48 bits per heavy atom. The fraction of sp³-hybridized carbons (Fsp3) is 0. The first-order chi connectivity index (χ1) is 13.9. The molecule has 0 aliphatic rings. The van der Waals surface area contributed by atoms with Gasteiger partial charge in [0.25, 0.3) is 5.91 Å². The standard InChI is InChI=1S/C17H11BrCl2N6O3/c18-11-4-2-1-3-10(11)17(27)25-24-16-14(26(28)29)15(21-8-22-16)23-9-5-6-12(19)13(20)7-9/h1-8H,(H,25,27)(H2,21,22,23,24). The molecule has 0 fully saturated rings. The Labute approximate surface area is 182 Å². The Bertz CT molecular complexity index is 1100. The van der Waals surface area contributed by atoms with E-state index < -0.39 is 16.5 Å². The summed E-state index contributed by atoms with van der Waals surface area (Å²) in [7, 11) is 0. The van der Waals surface area contributed by atoms with Crippen molar-refractivity contribution in [3.63, 3.8) is 0 Å². The second-order valence-corrected chi connectivity index (χ2v) is 7.16. The van der Waals surface area contributed by atoms with Crippen LogP contribution >= 0.6 is 39.1 Å². The van der Waals surface area contributed by atoms with Crippen molar-refractivity contribution in [1.29, 1.82) is 0 Å². The van der Waals surface area contributed by atoms with Crippen LogP contribution in [0, 0.1) is 10.1 Å². The molecule has 3 N–H and O–H groups in total. The molecule has 0 bridgehead atoms. The van der Waals surface area contributed by atoms with Crippen LogP contribution in [0.25, 0.3) is 0 Å². The molecule has 0 unspecified atom stereocenters. The number of nitro groups is 1. The van der Waals surface area contributed by atoms with Gasteiger partial charge in [-0.2, -0.15) is 0 Å². The number of benzene rings is 2. The highest BCUT2D eigenvalue weighted by Crippen LogP contribution is 2.32. The Kier molecular flexibility index (Phi) is 6.47. The van der Waals surface area contributed by atoms with E-state index in [1.807, 2.05) is 0 Å². The minimum Gasteiger partial charge on any atom is -0.334 e. The number of hydrogen-bond donors (Lipinski definition) is 3. The maximum Gasteiger partial charge on any atom is 0.355 e. The Balaban J connectivity index is 1.85. The van der Waals surface area contributed by atoms with Crippen molar-refractivity contribution >= 4 is 68.0 Å². The van der Waals surface area contributed by atoms with Crippen LogP contribution in [-0.4, -0.2) is 20.8 Å². The van der Waals surface area contributed by atoms with Crippen molar-refractivity contribution in [2.24, 2.45) is 0 Å². The monoisotopic (exact) mass is 496 g/mol. The lowest BCUT2D eigenvalue weighted by molar-refractivity contribution is -0.383. The number of anilines is 3. The molecule has 1 amide bonds. The number of hydrazine groups is 1. The van der Waals surface area contributed by atoms with Gasteiger partial charge >= 0.3 is 5.69 Å². The summed E-state index contributed by atoms with van der Waals surface area (Å²) in [6, 6.07) is 11.3. The Morgan fingerprint density at radius 1 is 1.07 bits per heavy atom. The van der Waals surface area contributed by atoms with E-state index in [1.165, 1.54) is 12.1 Å². The molecule has 0 aliphatic heterocycles. The molecule has 0 aliphatic carbocycles. The molecule has 3 aromatic rings. The summed E-state index contributed by atoms with van der Waals surface area (Å²) in [5.41, 5.74) is 5.15. The molecule has 9 nitrogen and oxygen atoms in total. The first-order valence-corrected chi connectivity index (χ1v) is 9.44. The van der Waals surface area contributed by atoms with Crippen LogP contribution < -0.4 is 16.2 Å². The summed E-state index contributed by atoms with van der Waals surface area (Å²) >= 11 is 15.1. The topological polar surface area (TPSA) is 122 Å². The number of aromatic nitrogens is 2. The van der Waals surface area contributed by atoms with Gasteiger partial charge < -0.3 is 5.32 Å². The van der Waals surface area contributed by atoms with Crippen LogP contribution in [0.5, 0.6) is 0 Å². The molecule has 0 spiro atoms. The summed E-state index contributed by atoms with van der Waals surface area (Å²) < 4.78 is 0.568. The highest BCUT2D eigenvalue weighted by atomic mass is 79.9. The van der Waals surface area contributed by atoms with E-state index in [2.05, 4.69) is 42.1 Å². The normalized spacial score (nSPS) is 10.3. The zero-order valence-electron chi connectivity index (χ0n) is 14.3. The molecule has 12 heteroatoms. The second kappa shape index (κ2) is 9.03. The Hall–Kier alpha value is -2.95. The maximum absolute atomic E-state index is 12.3. The van der Waals surface area contributed by atoms with Crippen molar-refractivity contribution in [3.05, 3.63) is 79.0 Å². The predicted octanol–water partition coefficient (Wildman–Crippen LogP) is 4.95. The lowest BCUT2D eigenvalue weighted by Gasteiger charge is -2.11. The van der Waals surface area contributed by atoms with Gasteiger partial charge in [-0.15, -0.1) is 0 Å². The molecule has 29 heavy (non-hydrogen) atoms. The van der Waals surface area contributed by atoms with Crippen molar-refractivity contribution in [2.75, 3.05) is 10.7 Å². The number of amides is 1. The molecule has 0 radical (unpaired) electrons. The van der Waals surface area contributed by atoms with Crippen molar-refractivity contribution in [3.8, 4) is 0 Å². The van der Waals surface area contributed by atoms with Gasteiger partial charge in [-0.25, -0.2) is 9.97 Å². The number of nitrogens with one attached hydrogen (secondary N) is 3. The SMILES string of the molecule is O=C(NNc1ncnc(Nc2ccc(Cl)c(Cl)c2)c1[N+](=O)[O-])c1ccccc1Br. The Morgan fingerprint density at radius 2 is 1.79 bits per heavy atom. The molecule has 1 heterocycles. The third-order valence-electron chi connectivity index (χ3n) is 3.60. The predicted molar refractivity (Wildman–Crippen MR) is 114 cm³/mol. The van der Waals surface area contributed by atoms with Gasteiger partial charge in [0, 0.05) is 10.2 Å². The molecule has 0 saturated carbocycles. The van der Waals surface area contributed by atoms with Gasteiger partial charge in [0.1, 0.15) is 6.33 Å². The van der Waals surface area contributed by atoms with Gasteiger partial charge in [0.15, 0.2) is 0 Å². The smallest absolute Gasteiger partial charge is 0.334 e. The third-order valence-corrected chi connectivity index (χ3v) is 5.03. The maximum atomic E-state index is 12.3. The van der Waals surface area contributed by atoms with Gasteiger partial charge in [-0.1, -0.05) is 35.3 Å². The fourth-order valence-electron chi connectivity index (χ4n) is 2.27. The highest BCUT2D eigenvalue weighted by molar-refractivity contribution is 9.10. The summed E-state index contributed by atoms with van der Waals surface area (Å²) in [6.07, 6.45) is 1.11. The largest absolute Gasteiger partial charge is 0.355 e. The van der Waals surface area contributed by atoms with Crippen molar-refractivity contribution in [1.82, 2.24) is 15.4 Å². The van der Waals surface area contributed by atoms with Gasteiger partial charge in [-0.3, -0.25) is 25.8 Å².